The number of imidazole rings is 1. The SMILES string of the molecule is FC(F)(F)n1c(-c2cccnc2-c2cccnc2)nc2ccccc21. The van der Waals surface area contributed by atoms with E-state index in [0.717, 1.165) is 0 Å². The Balaban J connectivity index is 2.04. The number of hydrogen-bond donors (Lipinski definition) is 0. The number of alkyl halides is 3. The number of halogens is 3. The lowest BCUT2D eigenvalue weighted by Gasteiger charge is -2.14. The summed E-state index contributed by atoms with van der Waals surface area (Å²) in [4.78, 5) is 12.5. The number of fused-ring (bicyclic) bond motifs is 1. The summed E-state index contributed by atoms with van der Waals surface area (Å²) in [5.74, 6) is -0.194. The van der Waals surface area contributed by atoms with E-state index >= 15 is 0 Å². The zero-order valence-electron chi connectivity index (χ0n) is 12.8. The number of rotatable bonds is 2. The number of nitrogens with zero attached hydrogens (tertiary/aromatic N) is 4. The summed E-state index contributed by atoms with van der Waals surface area (Å²) in [6.45, 7) is 0. The van der Waals surface area contributed by atoms with Gasteiger partial charge in [-0.15, -0.1) is 13.2 Å². The van der Waals surface area contributed by atoms with Crippen LogP contribution in [0.5, 0.6) is 0 Å². The van der Waals surface area contributed by atoms with Gasteiger partial charge in [-0.3, -0.25) is 9.97 Å². The molecule has 4 rings (SSSR count). The van der Waals surface area contributed by atoms with Gasteiger partial charge in [0.15, 0.2) is 0 Å². The highest BCUT2D eigenvalue weighted by Crippen LogP contribution is 2.37. The van der Waals surface area contributed by atoms with Gasteiger partial charge in [0.05, 0.1) is 16.7 Å². The molecule has 1 aromatic carbocycles. The molecule has 0 aliphatic carbocycles. The molecule has 4 aromatic rings. The van der Waals surface area contributed by atoms with E-state index in [9.17, 15) is 13.2 Å². The van der Waals surface area contributed by atoms with Crippen molar-refractivity contribution in [3.05, 3.63) is 67.1 Å². The molecular weight excluding hydrogens is 329 g/mol. The first-order valence-corrected chi connectivity index (χ1v) is 7.46. The van der Waals surface area contributed by atoms with Gasteiger partial charge in [-0.25, -0.2) is 9.55 Å². The number of hydrogen-bond acceptors (Lipinski definition) is 3. The third kappa shape index (κ3) is 2.63. The first kappa shape index (κ1) is 15.3. The smallest absolute Gasteiger partial charge is 0.264 e. The second kappa shape index (κ2) is 5.70. The van der Waals surface area contributed by atoms with Gasteiger partial charge in [-0.05, 0) is 36.4 Å². The van der Waals surface area contributed by atoms with E-state index in [0.29, 0.717) is 21.4 Å². The van der Waals surface area contributed by atoms with E-state index in [1.807, 2.05) is 0 Å². The fraction of sp³-hybridized carbons (Fsp3) is 0.0556. The Morgan fingerprint density at radius 2 is 1.68 bits per heavy atom. The van der Waals surface area contributed by atoms with E-state index in [-0.39, 0.29) is 16.9 Å². The summed E-state index contributed by atoms with van der Waals surface area (Å²) in [5.41, 5.74) is 1.60. The molecule has 0 spiro atoms. The normalized spacial score (nSPS) is 11.8. The van der Waals surface area contributed by atoms with Crippen molar-refractivity contribution >= 4 is 11.0 Å². The summed E-state index contributed by atoms with van der Waals surface area (Å²) in [6, 6.07) is 12.8. The maximum absolute atomic E-state index is 13.7. The lowest BCUT2D eigenvalue weighted by Crippen LogP contribution is -2.18. The first-order valence-electron chi connectivity index (χ1n) is 7.46. The summed E-state index contributed by atoms with van der Waals surface area (Å²) >= 11 is 0. The average Bonchev–Trinajstić information content (AvgIpc) is 3.02. The molecule has 25 heavy (non-hydrogen) atoms. The fourth-order valence-corrected chi connectivity index (χ4v) is 2.78. The fourth-order valence-electron chi connectivity index (χ4n) is 2.78. The lowest BCUT2D eigenvalue weighted by molar-refractivity contribution is -0.199. The molecule has 0 fully saturated rings. The van der Waals surface area contributed by atoms with Gasteiger partial charge < -0.3 is 0 Å². The summed E-state index contributed by atoms with van der Waals surface area (Å²) in [5, 5.41) is 0. The van der Waals surface area contributed by atoms with Crippen molar-refractivity contribution in [2.75, 3.05) is 0 Å². The number of pyridine rings is 2. The Morgan fingerprint density at radius 3 is 2.44 bits per heavy atom. The molecule has 0 unspecified atom stereocenters. The van der Waals surface area contributed by atoms with Crippen molar-refractivity contribution in [1.82, 2.24) is 19.5 Å². The van der Waals surface area contributed by atoms with Crippen LogP contribution in [0.4, 0.5) is 13.2 Å². The van der Waals surface area contributed by atoms with Crippen molar-refractivity contribution in [3.8, 4) is 22.6 Å². The van der Waals surface area contributed by atoms with Gasteiger partial charge in [0.1, 0.15) is 5.82 Å². The van der Waals surface area contributed by atoms with Gasteiger partial charge in [0.25, 0.3) is 0 Å². The molecule has 0 amide bonds. The molecule has 0 saturated heterocycles. The van der Waals surface area contributed by atoms with Crippen LogP contribution in [-0.2, 0) is 6.30 Å². The molecule has 0 bridgehead atoms. The van der Waals surface area contributed by atoms with Crippen LogP contribution in [0.1, 0.15) is 0 Å². The number of aromatic nitrogens is 4. The van der Waals surface area contributed by atoms with Gasteiger partial charge in [0, 0.05) is 29.7 Å². The molecule has 0 atom stereocenters. The maximum atomic E-state index is 13.7. The molecule has 3 heterocycles. The van der Waals surface area contributed by atoms with Crippen LogP contribution in [0.2, 0.25) is 0 Å². The third-order valence-electron chi connectivity index (χ3n) is 3.80. The summed E-state index contributed by atoms with van der Waals surface area (Å²) < 4.78 is 41.5. The van der Waals surface area contributed by atoms with Crippen LogP contribution in [0, 0.1) is 0 Å². The van der Waals surface area contributed by atoms with E-state index in [2.05, 4.69) is 15.0 Å². The topological polar surface area (TPSA) is 43.6 Å². The van der Waals surface area contributed by atoms with E-state index in [4.69, 9.17) is 0 Å². The van der Waals surface area contributed by atoms with Crippen LogP contribution in [0.3, 0.4) is 0 Å². The van der Waals surface area contributed by atoms with Crippen molar-refractivity contribution in [2.24, 2.45) is 0 Å². The molecule has 3 aromatic heterocycles. The number of benzene rings is 1. The molecule has 0 aliphatic rings. The van der Waals surface area contributed by atoms with E-state index in [1.165, 1.54) is 12.3 Å². The molecule has 0 aliphatic heterocycles. The quantitative estimate of drug-likeness (QED) is 0.534. The van der Waals surface area contributed by atoms with Gasteiger partial charge >= 0.3 is 6.30 Å². The van der Waals surface area contributed by atoms with Crippen LogP contribution >= 0.6 is 0 Å². The standard InChI is InChI=1S/C18H11F3N4/c19-18(20,21)25-15-8-2-1-7-14(15)24-17(25)13-6-4-10-23-16(13)12-5-3-9-22-11-12/h1-11H. The van der Waals surface area contributed by atoms with Crippen molar-refractivity contribution in [1.29, 1.82) is 0 Å². The average molecular weight is 340 g/mol. The second-order valence-electron chi connectivity index (χ2n) is 5.37. The molecule has 7 heteroatoms. The maximum Gasteiger partial charge on any atom is 0.490 e. The van der Waals surface area contributed by atoms with Crippen molar-refractivity contribution in [3.63, 3.8) is 0 Å². The zero-order valence-corrected chi connectivity index (χ0v) is 12.8. The minimum atomic E-state index is -4.60. The highest BCUT2D eigenvalue weighted by Gasteiger charge is 2.36. The Morgan fingerprint density at radius 1 is 0.880 bits per heavy atom. The van der Waals surface area contributed by atoms with Crippen molar-refractivity contribution in [2.45, 2.75) is 6.30 Å². The molecule has 124 valence electrons. The molecule has 0 radical (unpaired) electrons. The predicted octanol–water partition coefficient (Wildman–Crippen LogP) is 4.64. The Labute approximate surface area is 140 Å². The monoisotopic (exact) mass is 340 g/mol. The van der Waals surface area contributed by atoms with Crippen LogP contribution in [-0.4, -0.2) is 19.5 Å². The largest absolute Gasteiger partial charge is 0.490 e. The first-order chi connectivity index (χ1) is 12.1. The minimum absolute atomic E-state index is 0.00555. The minimum Gasteiger partial charge on any atom is -0.264 e. The molecule has 4 nitrogen and oxygen atoms in total. The van der Waals surface area contributed by atoms with Crippen LogP contribution < -0.4 is 0 Å². The van der Waals surface area contributed by atoms with Gasteiger partial charge in [-0.2, -0.15) is 0 Å². The lowest BCUT2D eigenvalue weighted by atomic mass is 10.1. The Kier molecular flexibility index (Phi) is 3.49. The Bertz CT molecular complexity index is 1040. The molecule has 0 N–H and O–H groups in total. The predicted molar refractivity (Wildman–Crippen MR) is 87.5 cm³/mol. The van der Waals surface area contributed by atoms with Gasteiger partial charge in [0.2, 0.25) is 0 Å². The summed E-state index contributed by atoms with van der Waals surface area (Å²) in [6.07, 6.45) is 0.0867. The van der Waals surface area contributed by atoms with Crippen LogP contribution in [0.15, 0.2) is 67.1 Å². The van der Waals surface area contributed by atoms with Crippen LogP contribution in [0.25, 0.3) is 33.7 Å². The Hall–Kier alpha value is -3.22. The van der Waals surface area contributed by atoms with E-state index in [1.54, 1.807) is 54.9 Å². The second-order valence-corrected chi connectivity index (χ2v) is 5.37. The molecule has 0 saturated carbocycles. The highest BCUT2D eigenvalue weighted by atomic mass is 19.4. The third-order valence-corrected chi connectivity index (χ3v) is 3.80. The van der Waals surface area contributed by atoms with Crippen molar-refractivity contribution < 1.29 is 13.2 Å². The number of para-hydroxylation sites is 2. The zero-order chi connectivity index (χ0) is 17.4. The molecular formula is C18H11F3N4. The summed E-state index contributed by atoms with van der Waals surface area (Å²) in [7, 11) is 0. The highest BCUT2D eigenvalue weighted by molar-refractivity contribution is 5.85. The van der Waals surface area contributed by atoms with Gasteiger partial charge in [-0.1, -0.05) is 12.1 Å². The van der Waals surface area contributed by atoms with E-state index < -0.39 is 6.30 Å².